The highest BCUT2D eigenvalue weighted by atomic mass is 16.1. The Hall–Kier alpha value is -1.31. The number of carbonyl (C=O) groups is 1. The lowest BCUT2D eigenvalue weighted by molar-refractivity contribution is 0.100. The van der Waals surface area contributed by atoms with Crippen LogP contribution in [0.1, 0.15) is 17.2 Å². The van der Waals surface area contributed by atoms with Gasteiger partial charge in [0.15, 0.2) is 0 Å². The first-order chi connectivity index (χ1) is 6.37. The molecule has 0 saturated heterocycles. The number of nitrogens with two attached hydrogens (primary N) is 1. The van der Waals surface area contributed by atoms with Crippen molar-refractivity contribution in [2.45, 2.75) is 0 Å². The summed E-state index contributed by atoms with van der Waals surface area (Å²) in [5.41, 5.74) is 4.42. The monoisotopic (exact) mass is 126 g/mol. The van der Waals surface area contributed by atoms with Gasteiger partial charge in [0.05, 0.1) is 6.85 Å². The van der Waals surface area contributed by atoms with E-state index in [1.807, 2.05) is 0 Å². The fourth-order valence-corrected chi connectivity index (χ4v) is 0.373. The summed E-state index contributed by atoms with van der Waals surface area (Å²) < 4.78 is 36.2. The number of primary amides is 1. The Morgan fingerprint density at radius 1 is 1.44 bits per heavy atom. The lowest BCUT2D eigenvalue weighted by Gasteiger charge is -1.89. The van der Waals surface area contributed by atoms with Crippen molar-refractivity contribution in [1.29, 1.82) is 0 Å². The van der Waals surface area contributed by atoms with Gasteiger partial charge in [0.25, 0.3) is 0 Å². The van der Waals surface area contributed by atoms with Crippen LogP contribution in [0.15, 0.2) is 30.2 Å². The smallest absolute Gasteiger partial charge is 0.248 e. The lowest BCUT2D eigenvalue weighted by Crippen LogP contribution is -2.09. The van der Waals surface area contributed by atoms with Crippen LogP contribution in [-0.2, 0) is 0 Å². The van der Waals surface area contributed by atoms with Crippen molar-refractivity contribution in [3.63, 3.8) is 0 Å². The van der Waals surface area contributed by atoms with Crippen molar-refractivity contribution in [2.75, 3.05) is 0 Å². The molecule has 2 heteroatoms. The summed E-state index contributed by atoms with van der Waals surface area (Å²) in [5, 5.41) is 0. The summed E-state index contributed by atoms with van der Waals surface area (Å²) in [6.45, 7) is 0. The molecule has 9 heavy (non-hydrogen) atoms. The molecular formula is C7H7NO. The van der Waals surface area contributed by atoms with E-state index in [0.29, 0.717) is 0 Å². The summed E-state index contributed by atoms with van der Waals surface area (Å²) in [7, 11) is 0. The average Bonchev–Trinajstić information content (AvgIpc) is 2.11. The minimum absolute atomic E-state index is 0.476. The first-order valence-corrected chi connectivity index (χ1v) is 2.24. The number of rotatable bonds is 1. The fraction of sp³-hybridized carbons (Fsp3) is 0. The van der Waals surface area contributed by atoms with E-state index < -0.39 is 41.7 Å². The van der Waals surface area contributed by atoms with Gasteiger partial charge in [-0.25, -0.2) is 0 Å². The van der Waals surface area contributed by atoms with Gasteiger partial charge in [0.1, 0.15) is 0 Å². The molecule has 0 aliphatic carbocycles. The van der Waals surface area contributed by atoms with Crippen molar-refractivity contribution >= 4 is 5.91 Å². The number of benzene rings is 1. The van der Waals surface area contributed by atoms with Crippen LogP contribution in [0.3, 0.4) is 0 Å². The molecule has 0 radical (unpaired) electrons. The third-order valence-corrected chi connectivity index (χ3v) is 0.746. The molecule has 0 saturated carbocycles. The summed E-state index contributed by atoms with van der Waals surface area (Å²) in [6.07, 6.45) is 0. The minimum atomic E-state index is -1.03. The Labute approximate surface area is 60.3 Å². The van der Waals surface area contributed by atoms with Crippen LogP contribution in [0, 0.1) is 0 Å². The van der Waals surface area contributed by atoms with Gasteiger partial charge < -0.3 is 5.73 Å². The van der Waals surface area contributed by atoms with Crippen LogP contribution in [-0.4, -0.2) is 5.91 Å². The Bertz CT molecular complexity index is 388. The highest BCUT2D eigenvalue weighted by molar-refractivity contribution is 5.92. The van der Waals surface area contributed by atoms with E-state index in [2.05, 4.69) is 0 Å². The van der Waals surface area contributed by atoms with Gasteiger partial charge in [-0.2, -0.15) is 0 Å². The predicted molar refractivity (Wildman–Crippen MR) is 35.0 cm³/mol. The second kappa shape index (κ2) is 2.31. The molecule has 1 amide bonds. The zero-order valence-corrected chi connectivity index (χ0v) is 4.49. The van der Waals surface area contributed by atoms with Crippen LogP contribution in [0.4, 0.5) is 0 Å². The molecule has 0 spiro atoms. The maximum atomic E-state index is 10.8. The van der Waals surface area contributed by atoms with E-state index >= 15 is 0 Å². The maximum Gasteiger partial charge on any atom is 0.248 e. The van der Waals surface area contributed by atoms with E-state index in [0.717, 1.165) is 0 Å². The van der Waals surface area contributed by atoms with E-state index in [9.17, 15) is 4.79 Å². The topological polar surface area (TPSA) is 43.1 Å². The standard InChI is InChI=1S/C7H7NO/c8-7(9)6-4-2-1-3-5-6/h1-5H,(H2,8,9)/i1D,2D,3D,4D,5D. The van der Waals surface area contributed by atoms with Crippen molar-refractivity contribution in [3.05, 3.63) is 35.8 Å². The molecule has 0 aliphatic heterocycles. The molecule has 0 unspecified atom stereocenters. The second-order valence-corrected chi connectivity index (χ2v) is 1.36. The van der Waals surface area contributed by atoms with Crippen LogP contribution in [0.5, 0.6) is 0 Å². The molecule has 1 rings (SSSR count). The molecule has 0 heterocycles. The van der Waals surface area contributed by atoms with E-state index in [1.54, 1.807) is 0 Å². The minimum Gasteiger partial charge on any atom is -0.366 e. The summed E-state index contributed by atoms with van der Waals surface area (Å²) >= 11 is 0. The molecule has 0 aliphatic rings. The first-order valence-electron chi connectivity index (χ1n) is 4.74. The lowest BCUT2D eigenvalue weighted by atomic mass is 10.2. The Balaban J connectivity index is 3.68. The molecule has 2 N–H and O–H groups in total. The Morgan fingerprint density at radius 3 is 2.44 bits per heavy atom. The van der Waals surface area contributed by atoms with Crippen LogP contribution in [0.2, 0.25) is 0 Å². The van der Waals surface area contributed by atoms with Crippen LogP contribution < -0.4 is 5.73 Å². The average molecular weight is 126 g/mol. The zero-order chi connectivity index (χ0) is 11.0. The van der Waals surface area contributed by atoms with E-state index in [-0.39, 0.29) is 0 Å². The quantitative estimate of drug-likeness (QED) is 0.593. The van der Waals surface area contributed by atoms with Gasteiger partial charge in [0.2, 0.25) is 5.91 Å². The second-order valence-electron chi connectivity index (χ2n) is 1.36. The summed E-state index contributed by atoms with van der Waals surface area (Å²) in [4.78, 5) is 10.8. The molecule has 0 bridgehead atoms. The third kappa shape index (κ3) is 1.29. The van der Waals surface area contributed by atoms with E-state index in [4.69, 9.17) is 12.6 Å². The van der Waals surface area contributed by atoms with Crippen molar-refractivity contribution < 1.29 is 11.6 Å². The maximum absolute atomic E-state index is 10.8. The number of carbonyl (C=O) groups excluding carboxylic acids is 1. The molecule has 0 atom stereocenters. The highest BCUT2D eigenvalue weighted by Gasteiger charge is 1.93. The van der Waals surface area contributed by atoms with Crippen molar-refractivity contribution in [3.8, 4) is 0 Å². The number of amides is 1. The largest absolute Gasteiger partial charge is 0.366 e. The van der Waals surface area contributed by atoms with Gasteiger partial charge in [0, 0.05) is 5.56 Å². The SMILES string of the molecule is [2H]c1c([2H])c([2H])c(C(N)=O)c([2H])c1[2H]. The van der Waals surface area contributed by atoms with Gasteiger partial charge in [-0.1, -0.05) is 18.1 Å². The highest BCUT2D eigenvalue weighted by Crippen LogP contribution is 1.94. The van der Waals surface area contributed by atoms with E-state index in [1.165, 1.54) is 0 Å². The van der Waals surface area contributed by atoms with Crippen molar-refractivity contribution in [1.82, 2.24) is 0 Å². The van der Waals surface area contributed by atoms with Crippen molar-refractivity contribution in [2.24, 2.45) is 5.73 Å². The number of hydrogen-bond acceptors (Lipinski definition) is 1. The molecule has 2 nitrogen and oxygen atoms in total. The van der Waals surface area contributed by atoms with Gasteiger partial charge in [-0.05, 0) is 12.1 Å². The molecule has 0 aromatic heterocycles. The van der Waals surface area contributed by atoms with Crippen LogP contribution in [0.25, 0.3) is 0 Å². The summed E-state index contributed by atoms with van der Waals surface area (Å²) in [5.74, 6) is -1.03. The molecule has 0 fully saturated rings. The predicted octanol–water partition coefficient (Wildman–Crippen LogP) is 0.786. The Morgan fingerprint density at radius 2 is 2.00 bits per heavy atom. The van der Waals surface area contributed by atoms with Gasteiger partial charge in [-0.3, -0.25) is 4.79 Å². The van der Waals surface area contributed by atoms with Crippen LogP contribution >= 0.6 is 0 Å². The molecule has 1 aromatic rings. The fourth-order valence-electron chi connectivity index (χ4n) is 0.373. The number of hydrogen-bond donors (Lipinski definition) is 1. The first kappa shape index (κ1) is 2.14. The van der Waals surface area contributed by atoms with Gasteiger partial charge >= 0.3 is 0 Å². The molecular weight excluding hydrogens is 114 g/mol. The summed E-state index contributed by atoms with van der Waals surface area (Å²) in [6, 6.07) is -2.78. The third-order valence-electron chi connectivity index (χ3n) is 0.746. The normalized spacial score (nSPS) is 16.7. The zero-order valence-electron chi connectivity index (χ0n) is 9.49. The Kier molecular flexibility index (Phi) is 0.548. The van der Waals surface area contributed by atoms with Gasteiger partial charge in [-0.15, -0.1) is 0 Å². The molecule has 46 valence electrons. The molecule has 1 aromatic carbocycles.